The maximum absolute atomic E-state index is 14.3. The first kappa shape index (κ1) is 29.3. The van der Waals surface area contributed by atoms with E-state index in [1.807, 2.05) is 0 Å². The number of aromatic hydroxyl groups is 2. The zero-order valence-electron chi connectivity index (χ0n) is 23.0. The Morgan fingerprint density at radius 2 is 0.932 bits per heavy atom. The van der Waals surface area contributed by atoms with Crippen LogP contribution in [0.25, 0.3) is 11.4 Å². The molecule has 14 nitrogen and oxygen atoms in total. The summed E-state index contributed by atoms with van der Waals surface area (Å²) in [5, 5.41) is 41.2. The average molecular weight is 603 g/mol. The lowest BCUT2D eigenvalue weighted by atomic mass is 9.88. The number of aromatic nitrogens is 2. The number of carboxylic acid groups (broad SMARTS) is 2. The summed E-state index contributed by atoms with van der Waals surface area (Å²) in [7, 11) is 0. The Bertz CT molecular complexity index is 1770. The Morgan fingerprint density at radius 1 is 0.614 bits per heavy atom. The molecule has 4 N–H and O–H groups in total. The van der Waals surface area contributed by atoms with Crippen LogP contribution in [0.2, 0.25) is 0 Å². The SMILES string of the molecule is CCOC(=O)c1c2c(n(-c3ccc(C(=O)O)cc3)c1O)C(=O)c1c(C(=O)OCC)c(O)n(-c3ccc(C(=O)O)cc3)c1C2=O. The average Bonchev–Trinajstić information content (AvgIpc) is 3.48. The topological polar surface area (TPSA) is 212 Å². The molecule has 1 aliphatic rings. The molecule has 0 saturated carbocycles. The second-order valence-corrected chi connectivity index (χ2v) is 9.32. The van der Waals surface area contributed by atoms with E-state index in [9.17, 15) is 49.2 Å². The molecule has 0 unspecified atom stereocenters. The van der Waals surface area contributed by atoms with Gasteiger partial charge in [-0.15, -0.1) is 0 Å². The smallest absolute Gasteiger partial charge is 0.344 e. The van der Waals surface area contributed by atoms with E-state index in [1.165, 1.54) is 62.4 Å². The van der Waals surface area contributed by atoms with E-state index in [4.69, 9.17) is 9.47 Å². The molecular formula is C30H22N2O12. The van der Waals surface area contributed by atoms with E-state index >= 15 is 0 Å². The molecular weight excluding hydrogens is 580 g/mol. The molecule has 0 atom stereocenters. The van der Waals surface area contributed by atoms with E-state index in [-0.39, 0.29) is 35.7 Å². The molecule has 14 heteroatoms. The highest BCUT2D eigenvalue weighted by molar-refractivity contribution is 6.33. The van der Waals surface area contributed by atoms with Crippen LogP contribution in [0.5, 0.6) is 11.8 Å². The van der Waals surface area contributed by atoms with Crippen LogP contribution < -0.4 is 0 Å². The molecule has 0 fully saturated rings. The molecule has 5 rings (SSSR count). The summed E-state index contributed by atoms with van der Waals surface area (Å²) in [5.74, 6) is -8.72. The number of carbonyl (C=O) groups excluding carboxylic acids is 4. The number of benzene rings is 2. The van der Waals surface area contributed by atoms with Crippen molar-refractivity contribution in [1.82, 2.24) is 9.13 Å². The van der Waals surface area contributed by atoms with Crippen LogP contribution in [-0.4, -0.2) is 78.2 Å². The summed E-state index contributed by atoms with van der Waals surface area (Å²) in [6.07, 6.45) is 0. The molecule has 4 aromatic rings. The molecule has 2 aromatic heterocycles. The highest BCUT2D eigenvalue weighted by atomic mass is 16.5. The monoisotopic (exact) mass is 602 g/mol. The van der Waals surface area contributed by atoms with Crippen molar-refractivity contribution in [2.24, 2.45) is 0 Å². The number of fused-ring (bicyclic) bond motifs is 2. The van der Waals surface area contributed by atoms with Crippen molar-refractivity contribution in [3.8, 4) is 23.1 Å². The number of ether oxygens (including phenoxy) is 2. The van der Waals surface area contributed by atoms with Crippen molar-refractivity contribution >= 4 is 35.4 Å². The van der Waals surface area contributed by atoms with Crippen molar-refractivity contribution < 1.29 is 58.7 Å². The number of hydrogen-bond donors (Lipinski definition) is 4. The number of nitrogens with zero attached hydrogens (tertiary/aromatic N) is 2. The first-order valence-corrected chi connectivity index (χ1v) is 13.0. The third kappa shape index (κ3) is 4.36. The van der Waals surface area contributed by atoms with E-state index in [0.717, 1.165) is 9.13 Å². The number of aromatic carboxylic acids is 2. The third-order valence-corrected chi connectivity index (χ3v) is 6.88. The van der Waals surface area contributed by atoms with Crippen LogP contribution in [0.3, 0.4) is 0 Å². The van der Waals surface area contributed by atoms with E-state index in [2.05, 4.69) is 0 Å². The van der Waals surface area contributed by atoms with Gasteiger partial charge in [0.2, 0.25) is 23.3 Å². The molecule has 1 aliphatic carbocycles. The number of ketones is 2. The maximum atomic E-state index is 14.3. The predicted molar refractivity (Wildman–Crippen MR) is 148 cm³/mol. The Hall–Kier alpha value is -6.18. The summed E-state index contributed by atoms with van der Waals surface area (Å²) < 4.78 is 11.8. The van der Waals surface area contributed by atoms with Gasteiger partial charge < -0.3 is 29.9 Å². The molecule has 0 amide bonds. The fraction of sp³-hybridized carbons (Fsp3) is 0.133. The van der Waals surface area contributed by atoms with Crippen LogP contribution in [-0.2, 0) is 9.47 Å². The van der Waals surface area contributed by atoms with Gasteiger partial charge in [-0.3, -0.25) is 18.7 Å². The normalized spacial score (nSPS) is 12.0. The number of carboxylic acids is 2. The Balaban J connectivity index is 1.86. The van der Waals surface area contributed by atoms with Crippen LogP contribution in [0, 0.1) is 0 Å². The summed E-state index contributed by atoms with van der Waals surface area (Å²) in [6.45, 7) is 2.62. The maximum Gasteiger partial charge on any atom is 0.344 e. The molecule has 0 saturated heterocycles. The summed E-state index contributed by atoms with van der Waals surface area (Å²) in [6, 6.07) is 9.58. The van der Waals surface area contributed by atoms with Crippen molar-refractivity contribution in [3.05, 3.63) is 93.3 Å². The Morgan fingerprint density at radius 3 is 1.20 bits per heavy atom. The Labute approximate surface area is 246 Å². The zero-order chi connectivity index (χ0) is 32.0. The Kier molecular flexibility index (Phi) is 7.27. The minimum absolute atomic E-state index is 0.0190. The fourth-order valence-corrected chi connectivity index (χ4v) is 5.03. The van der Waals surface area contributed by atoms with Gasteiger partial charge in [-0.25, -0.2) is 19.2 Å². The molecule has 2 aromatic carbocycles. The van der Waals surface area contributed by atoms with Gasteiger partial charge >= 0.3 is 23.9 Å². The first-order valence-electron chi connectivity index (χ1n) is 13.0. The van der Waals surface area contributed by atoms with Gasteiger partial charge in [-0.1, -0.05) is 0 Å². The first-order chi connectivity index (χ1) is 20.9. The third-order valence-electron chi connectivity index (χ3n) is 6.88. The van der Waals surface area contributed by atoms with Crippen molar-refractivity contribution in [2.75, 3.05) is 13.2 Å². The summed E-state index contributed by atoms with van der Waals surface area (Å²) in [5.41, 5.74) is -3.99. The van der Waals surface area contributed by atoms with Crippen molar-refractivity contribution in [1.29, 1.82) is 0 Å². The molecule has 224 valence electrons. The highest BCUT2D eigenvalue weighted by Gasteiger charge is 2.47. The lowest BCUT2D eigenvalue weighted by Gasteiger charge is -2.18. The zero-order valence-corrected chi connectivity index (χ0v) is 23.0. The number of hydrogen-bond acceptors (Lipinski definition) is 10. The van der Waals surface area contributed by atoms with Crippen LogP contribution in [0.4, 0.5) is 0 Å². The second-order valence-electron chi connectivity index (χ2n) is 9.32. The number of rotatable bonds is 8. The van der Waals surface area contributed by atoms with E-state index < -0.39 is 80.8 Å². The number of esters is 2. The van der Waals surface area contributed by atoms with E-state index in [1.54, 1.807) is 0 Å². The van der Waals surface area contributed by atoms with Gasteiger partial charge in [-0.05, 0) is 62.4 Å². The quantitative estimate of drug-likeness (QED) is 0.189. The predicted octanol–water partition coefficient (Wildman–Crippen LogP) is 3.20. The molecule has 2 heterocycles. The standard InChI is InChI=1S/C30H22N2O12/c1-3-43-29(41)19-17-21(31(25(19)35)15-9-5-13(6-10-15)27(37)38)24(34)18-20(30(42)44-4-2)26(36)32(22(18)23(17)33)16-11-7-14(8-12-16)28(39)40/h5-12,35-36H,3-4H2,1-2H3,(H,37,38)(H,39,40). The minimum Gasteiger partial charge on any atom is -0.494 e. The van der Waals surface area contributed by atoms with Gasteiger partial charge in [-0.2, -0.15) is 0 Å². The van der Waals surface area contributed by atoms with Crippen LogP contribution >= 0.6 is 0 Å². The fourth-order valence-electron chi connectivity index (χ4n) is 5.03. The van der Waals surface area contributed by atoms with Crippen LogP contribution in [0.15, 0.2) is 48.5 Å². The highest BCUT2D eigenvalue weighted by Crippen LogP contribution is 2.44. The van der Waals surface area contributed by atoms with Gasteiger partial charge in [0.25, 0.3) is 0 Å². The molecule has 0 spiro atoms. The number of carbonyl (C=O) groups is 6. The minimum atomic E-state index is -1.26. The van der Waals surface area contributed by atoms with Crippen molar-refractivity contribution in [3.63, 3.8) is 0 Å². The summed E-state index contributed by atoms with van der Waals surface area (Å²) >= 11 is 0. The lowest BCUT2D eigenvalue weighted by molar-refractivity contribution is 0.0510. The molecule has 0 bridgehead atoms. The van der Waals surface area contributed by atoms with Gasteiger partial charge in [0.05, 0.1) is 35.5 Å². The molecule has 0 aliphatic heterocycles. The van der Waals surface area contributed by atoms with Gasteiger partial charge in [0.1, 0.15) is 22.5 Å². The van der Waals surface area contributed by atoms with Gasteiger partial charge in [0, 0.05) is 11.4 Å². The second kappa shape index (κ2) is 10.9. The summed E-state index contributed by atoms with van der Waals surface area (Å²) in [4.78, 5) is 77.6. The molecule has 44 heavy (non-hydrogen) atoms. The molecule has 0 radical (unpaired) electrons. The van der Waals surface area contributed by atoms with Gasteiger partial charge in [0.15, 0.2) is 0 Å². The largest absolute Gasteiger partial charge is 0.494 e. The van der Waals surface area contributed by atoms with E-state index in [0.29, 0.717) is 0 Å². The van der Waals surface area contributed by atoms with Crippen LogP contribution in [0.1, 0.15) is 87.4 Å². The van der Waals surface area contributed by atoms with Crippen molar-refractivity contribution in [2.45, 2.75) is 13.8 Å². The lowest BCUT2D eigenvalue weighted by Crippen LogP contribution is -2.26.